The zero-order valence-corrected chi connectivity index (χ0v) is 11.8. The summed E-state index contributed by atoms with van der Waals surface area (Å²) in [5, 5.41) is 13.5. The minimum absolute atomic E-state index is 0.0134. The first kappa shape index (κ1) is 14.9. The molecule has 0 aliphatic carbocycles. The van der Waals surface area contributed by atoms with E-state index in [1.807, 2.05) is 19.1 Å². The molecule has 2 heterocycles. The highest BCUT2D eigenvalue weighted by Gasteiger charge is 2.21. The van der Waals surface area contributed by atoms with Crippen molar-refractivity contribution in [3.8, 4) is 0 Å². The van der Waals surface area contributed by atoms with Gasteiger partial charge in [0.15, 0.2) is 0 Å². The molecule has 7 nitrogen and oxygen atoms in total. The summed E-state index contributed by atoms with van der Waals surface area (Å²) in [7, 11) is 0. The maximum absolute atomic E-state index is 12.1. The number of hydrogen-bond donors (Lipinski definition) is 1. The van der Waals surface area contributed by atoms with Crippen molar-refractivity contribution < 1.29 is 9.72 Å². The lowest BCUT2D eigenvalue weighted by atomic mass is 10.2. The minimum Gasteiger partial charge on any atom is -0.346 e. The zero-order valence-electron chi connectivity index (χ0n) is 11.0. The SMILES string of the molecule is Cc1cccc(CNC(=O)c2cc(Cl)ncc2[N+](=O)[O-])n1. The summed E-state index contributed by atoms with van der Waals surface area (Å²) in [5.74, 6) is -0.602. The van der Waals surface area contributed by atoms with E-state index in [2.05, 4.69) is 15.3 Å². The molecule has 0 aliphatic rings. The van der Waals surface area contributed by atoms with E-state index >= 15 is 0 Å². The van der Waals surface area contributed by atoms with Crippen molar-refractivity contribution in [1.82, 2.24) is 15.3 Å². The first-order chi connectivity index (χ1) is 9.97. The molecule has 1 amide bonds. The number of amides is 1. The summed E-state index contributed by atoms with van der Waals surface area (Å²) in [6.45, 7) is 2.00. The summed E-state index contributed by atoms with van der Waals surface area (Å²) in [4.78, 5) is 30.1. The molecule has 108 valence electrons. The fourth-order valence-electron chi connectivity index (χ4n) is 1.71. The molecule has 0 aliphatic heterocycles. The summed E-state index contributed by atoms with van der Waals surface area (Å²) in [6.07, 6.45) is 0.960. The van der Waals surface area contributed by atoms with Crippen LogP contribution in [0.3, 0.4) is 0 Å². The van der Waals surface area contributed by atoms with Crippen LogP contribution in [-0.2, 0) is 6.54 Å². The van der Waals surface area contributed by atoms with Gasteiger partial charge in [-0.25, -0.2) is 4.98 Å². The third-order valence-corrected chi connectivity index (χ3v) is 2.87. The average Bonchev–Trinajstić information content (AvgIpc) is 2.44. The van der Waals surface area contributed by atoms with Crippen LogP contribution in [0.4, 0.5) is 5.69 Å². The maximum Gasteiger partial charge on any atom is 0.300 e. The summed E-state index contributed by atoms with van der Waals surface area (Å²) < 4.78 is 0. The molecular weight excluding hydrogens is 296 g/mol. The van der Waals surface area contributed by atoms with Crippen molar-refractivity contribution in [2.45, 2.75) is 13.5 Å². The highest BCUT2D eigenvalue weighted by atomic mass is 35.5. The number of hydrogen-bond acceptors (Lipinski definition) is 5. The van der Waals surface area contributed by atoms with Gasteiger partial charge in [0.1, 0.15) is 16.9 Å². The molecule has 0 radical (unpaired) electrons. The number of carbonyl (C=O) groups is 1. The molecule has 0 unspecified atom stereocenters. The van der Waals surface area contributed by atoms with E-state index in [0.717, 1.165) is 11.9 Å². The van der Waals surface area contributed by atoms with E-state index in [-0.39, 0.29) is 17.3 Å². The monoisotopic (exact) mass is 306 g/mol. The van der Waals surface area contributed by atoms with Gasteiger partial charge in [0.25, 0.3) is 11.6 Å². The Morgan fingerprint density at radius 2 is 2.24 bits per heavy atom. The number of rotatable bonds is 4. The first-order valence-electron chi connectivity index (χ1n) is 5.98. The maximum atomic E-state index is 12.1. The Kier molecular flexibility index (Phi) is 4.44. The number of carbonyl (C=O) groups excluding carboxylic acids is 1. The number of aryl methyl sites for hydroxylation is 1. The van der Waals surface area contributed by atoms with Crippen LogP contribution in [0.5, 0.6) is 0 Å². The summed E-state index contributed by atoms with van der Waals surface area (Å²) >= 11 is 5.68. The topological polar surface area (TPSA) is 98.0 Å². The van der Waals surface area contributed by atoms with Crippen molar-refractivity contribution in [2.24, 2.45) is 0 Å². The van der Waals surface area contributed by atoms with Crippen LogP contribution in [0.2, 0.25) is 5.15 Å². The quantitative estimate of drug-likeness (QED) is 0.531. The van der Waals surface area contributed by atoms with Crippen LogP contribution in [-0.4, -0.2) is 20.8 Å². The lowest BCUT2D eigenvalue weighted by molar-refractivity contribution is -0.385. The highest BCUT2D eigenvalue weighted by Crippen LogP contribution is 2.20. The Bertz CT molecular complexity index is 706. The molecule has 8 heteroatoms. The van der Waals surface area contributed by atoms with Gasteiger partial charge in [0, 0.05) is 5.69 Å². The molecular formula is C13H11ClN4O3. The van der Waals surface area contributed by atoms with Crippen LogP contribution in [0, 0.1) is 17.0 Å². The molecule has 0 saturated carbocycles. The van der Waals surface area contributed by atoms with Gasteiger partial charge in [0.2, 0.25) is 0 Å². The molecule has 2 rings (SSSR count). The van der Waals surface area contributed by atoms with Gasteiger partial charge >= 0.3 is 0 Å². The fourth-order valence-corrected chi connectivity index (χ4v) is 1.87. The predicted molar refractivity (Wildman–Crippen MR) is 76.0 cm³/mol. The van der Waals surface area contributed by atoms with Crippen LogP contribution in [0.15, 0.2) is 30.5 Å². The molecule has 1 N–H and O–H groups in total. The van der Waals surface area contributed by atoms with E-state index in [9.17, 15) is 14.9 Å². The highest BCUT2D eigenvalue weighted by molar-refractivity contribution is 6.29. The first-order valence-corrected chi connectivity index (χ1v) is 6.36. The van der Waals surface area contributed by atoms with Crippen LogP contribution in [0.25, 0.3) is 0 Å². The van der Waals surface area contributed by atoms with Gasteiger partial charge in [-0.2, -0.15) is 0 Å². The van der Waals surface area contributed by atoms with Gasteiger partial charge in [-0.3, -0.25) is 19.9 Å². The van der Waals surface area contributed by atoms with Crippen molar-refractivity contribution in [3.05, 3.63) is 62.7 Å². The Labute approximate surface area is 125 Å². The Hall–Kier alpha value is -2.54. The van der Waals surface area contributed by atoms with Gasteiger partial charge in [0.05, 0.1) is 17.2 Å². The van der Waals surface area contributed by atoms with Crippen molar-refractivity contribution in [3.63, 3.8) is 0 Å². The van der Waals surface area contributed by atoms with Crippen molar-refractivity contribution in [2.75, 3.05) is 0 Å². The molecule has 0 aromatic carbocycles. The number of aromatic nitrogens is 2. The van der Waals surface area contributed by atoms with Crippen LogP contribution < -0.4 is 5.32 Å². The summed E-state index contributed by atoms with van der Waals surface area (Å²) in [6, 6.07) is 6.56. The second-order valence-electron chi connectivity index (χ2n) is 4.23. The number of pyridine rings is 2. The van der Waals surface area contributed by atoms with Gasteiger partial charge in [-0.05, 0) is 25.1 Å². The molecule has 0 fully saturated rings. The van der Waals surface area contributed by atoms with E-state index in [0.29, 0.717) is 5.69 Å². The Balaban J connectivity index is 2.17. The predicted octanol–water partition coefficient (Wildman–Crippen LogP) is 2.28. The number of halogens is 1. The van der Waals surface area contributed by atoms with Gasteiger partial charge < -0.3 is 5.32 Å². The second kappa shape index (κ2) is 6.27. The molecule has 21 heavy (non-hydrogen) atoms. The van der Waals surface area contributed by atoms with E-state index in [1.54, 1.807) is 6.07 Å². The molecule has 2 aromatic rings. The third kappa shape index (κ3) is 3.73. The van der Waals surface area contributed by atoms with Crippen molar-refractivity contribution >= 4 is 23.2 Å². The summed E-state index contributed by atoms with van der Waals surface area (Å²) in [5.41, 5.74) is 0.951. The minimum atomic E-state index is -0.677. The largest absolute Gasteiger partial charge is 0.346 e. The van der Waals surface area contributed by atoms with Crippen molar-refractivity contribution in [1.29, 1.82) is 0 Å². The van der Waals surface area contributed by atoms with Crippen LogP contribution >= 0.6 is 11.6 Å². The number of nitrogens with zero attached hydrogens (tertiary/aromatic N) is 3. The standard InChI is InChI=1S/C13H11ClN4O3/c1-8-3-2-4-9(17-8)6-16-13(19)10-5-12(14)15-7-11(10)18(20)21/h2-5,7H,6H2,1H3,(H,16,19). The smallest absolute Gasteiger partial charge is 0.300 e. The third-order valence-electron chi connectivity index (χ3n) is 2.67. The molecule has 2 aromatic heterocycles. The average molecular weight is 307 g/mol. The van der Waals surface area contributed by atoms with E-state index in [4.69, 9.17) is 11.6 Å². The fraction of sp³-hybridized carbons (Fsp3) is 0.154. The van der Waals surface area contributed by atoms with Crippen LogP contribution in [0.1, 0.15) is 21.7 Å². The lowest BCUT2D eigenvalue weighted by Crippen LogP contribution is -2.24. The Morgan fingerprint density at radius 1 is 1.48 bits per heavy atom. The molecule has 0 saturated heterocycles. The lowest BCUT2D eigenvalue weighted by Gasteiger charge is -2.06. The number of nitro groups is 1. The second-order valence-corrected chi connectivity index (χ2v) is 4.62. The molecule has 0 spiro atoms. The Morgan fingerprint density at radius 3 is 2.90 bits per heavy atom. The van der Waals surface area contributed by atoms with E-state index < -0.39 is 16.5 Å². The molecule has 0 bridgehead atoms. The normalized spacial score (nSPS) is 10.2. The molecule has 0 atom stereocenters. The zero-order chi connectivity index (χ0) is 15.4. The van der Waals surface area contributed by atoms with Gasteiger partial charge in [-0.1, -0.05) is 17.7 Å². The number of nitrogens with one attached hydrogen (secondary N) is 1. The van der Waals surface area contributed by atoms with Gasteiger partial charge in [-0.15, -0.1) is 0 Å². The van der Waals surface area contributed by atoms with E-state index in [1.165, 1.54) is 6.07 Å².